The first-order valence-corrected chi connectivity index (χ1v) is 8.94. The van der Waals surface area contributed by atoms with Gasteiger partial charge in [-0.25, -0.2) is 0 Å². The van der Waals surface area contributed by atoms with E-state index in [1.165, 1.54) is 0 Å². The topological polar surface area (TPSA) is 59.1 Å². The van der Waals surface area contributed by atoms with Crippen LogP contribution in [0.1, 0.15) is 12.5 Å². The van der Waals surface area contributed by atoms with E-state index in [1.54, 1.807) is 16.9 Å². The summed E-state index contributed by atoms with van der Waals surface area (Å²) in [5.74, 6) is 0.472. The minimum atomic E-state index is -0.166. The largest absolute Gasteiger partial charge is 0.497 e. The molecule has 3 rings (SSSR count). The van der Waals surface area contributed by atoms with Crippen LogP contribution in [0.3, 0.4) is 0 Å². The van der Waals surface area contributed by atoms with Crippen molar-refractivity contribution >= 4 is 17.5 Å². The molecule has 0 aliphatic carbocycles. The molecule has 1 atom stereocenters. The van der Waals surface area contributed by atoms with Gasteiger partial charge in [-0.1, -0.05) is 30.3 Å². The van der Waals surface area contributed by atoms with Crippen molar-refractivity contribution in [3.8, 4) is 5.75 Å². The quantitative estimate of drug-likeness (QED) is 0.786. The first kappa shape index (κ1) is 18.9. The van der Waals surface area contributed by atoms with Crippen LogP contribution < -0.4 is 9.64 Å². The van der Waals surface area contributed by atoms with Crippen LogP contribution in [-0.4, -0.2) is 49.6 Å². The highest BCUT2D eigenvalue weighted by molar-refractivity contribution is 5.98. The van der Waals surface area contributed by atoms with Gasteiger partial charge in [0.25, 0.3) is 0 Å². The molecule has 0 saturated carbocycles. The van der Waals surface area contributed by atoms with Crippen molar-refractivity contribution in [1.29, 1.82) is 0 Å². The fourth-order valence-electron chi connectivity index (χ4n) is 3.11. The van der Waals surface area contributed by atoms with E-state index in [0.717, 1.165) is 17.0 Å². The monoisotopic (exact) mass is 368 g/mol. The van der Waals surface area contributed by atoms with E-state index < -0.39 is 0 Å². The van der Waals surface area contributed by atoms with Gasteiger partial charge in [-0.2, -0.15) is 0 Å². The molecular weight excluding hydrogens is 344 g/mol. The second kappa shape index (κ2) is 8.68. The average Bonchev–Trinajstić information content (AvgIpc) is 2.70. The fourth-order valence-corrected chi connectivity index (χ4v) is 3.11. The summed E-state index contributed by atoms with van der Waals surface area (Å²) >= 11 is 0. The zero-order valence-electron chi connectivity index (χ0n) is 15.6. The van der Waals surface area contributed by atoms with Gasteiger partial charge in [-0.05, 0) is 36.8 Å². The van der Waals surface area contributed by atoms with E-state index in [4.69, 9.17) is 9.47 Å². The molecule has 0 radical (unpaired) electrons. The first-order chi connectivity index (χ1) is 13.1. The van der Waals surface area contributed by atoms with Crippen LogP contribution in [0.15, 0.2) is 54.6 Å². The van der Waals surface area contributed by atoms with E-state index >= 15 is 0 Å². The third-order valence-electron chi connectivity index (χ3n) is 4.63. The molecule has 142 valence electrons. The number of carbonyl (C=O) groups is 2. The predicted molar refractivity (Wildman–Crippen MR) is 103 cm³/mol. The Morgan fingerprint density at radius 2 is 1.81 bits per heavy atom. The predicted octanol–water partition coefficient (Wildman–Crippen LogP) is 2.48. The van der Waals surface area contributed by atoms with Crippen LogP contribution in [-0.2, 0) is 20.9 Å². The van der Waals surface area contributed by atoms with Gasteiger partial charge >= 0.3 is 0 Å². The number of anilines is 1. The molecule has 2 aromatic carbocycles. The molecule has 2 amide bonds. The number of hydrogen-bond acceptors (Lipinski definition) is 4. The van der Waals surface area contributed by atoms with Gasteiger partial charge in [0.1, 0.15) is 18.9 Å². The summed E-state index contributed by atoms with van der Waals surface area (Å²) in [6, 6.07) is 17.0. The summed E-state index contributed by atoms with van der Waals surface area (Å²) in [4.78, 5) is 28.3. The molecule has 1 saturated heterocycles. The lowest BCUT2D eigenvalue weighted by molar-refractivity contribution is -0.143. The Morgan fingerprint density at radius 1 is 1.11 bits per heavy atom. The molecule has 1 fully saturated rings. The molecule has 1 heterocycles. The maximum Gasteiger partial charge on any atom is 0.249 e. The maximum absolute atomic E-state index is 12.6. The Labute approximate surface area is 159 Å². The van der Waals surface area contributed by atoms with Crippen molar-refractivity contribution < 1.29 is 19.1 Å². The summed E-state index contributed by atoms with van der Waals surface area (Å²) in [6.45, 7) is 2.80. The number of carbonyl (C=O) groups excluding carboxylic acids is 2. The van der Waals surface area contributed by atoms with E-state index in [2.05, 4.69) is 0 Å². The Balaban J connectivity index is 1.55. The maximum atomic E-state index is 12.6. The molecule has 1 aliphatic heterocycles. The second-order valence-electron chi connectivity index (χ2n) is 6.55. The summed E-state index contributed by atoms with van der Waals surface area (Å²) < 4.78 is 10.7. The number of nitrogens with zero attached hydrogens (tertiary/aromatic N) is 2. The lowest BCUT2D eigenvalue weighted by Crippen LogP contribution is -2.57. The summed E-state index contributed by atoms with van der Waals surface area (Å²) in [6.07, 6.45) is 0. The van der Waals surface area contributed by atoms with Gasteiger partial charge in [-0.15, -0.1) is 0 Å². The zero-order valence-corrected chi connectivity index (χ0v) is 15.6. The highest BCUT2D eigenvalue weighted by Gasteiger charge is 2.33. The van der Waals surface area contributed by atoms with E-state index in [-0.39, 0.29) is 31.0 Å². The number of ether oxygens (including phenoxy) is 2. The van der Waals surface area contributed by atoms with Crippen LogP contribution in [0, 0.1) is 0 Å². The van der Waals surface area contributed by atoms with Gasteiger partial charge in [0, 0.05) is 18.3 Å². The van der Waals surface area contributed by atoms with Gasteiger partial charge in [0.05, 0.1) is 13.7 Å². The second-order valence-corrected chi connectivity index (χ2v) is 6.55. The zero-order chi connectivity index (χ0) is 19.2. The van der Waals surface area contributed by atoms with Crippen LogP contribution >= 0.6 is 0 Å². The molecule has 0 bridgehead atoms. The molecule has 6 heteroatoms. The lowest BCUT2D eigenvalue weighted by atomic mass is 10.1. The number of rotatable bonds is 6. The summed E-state index contributed by atoms with van der Waals surface area (Å²) in [7, 11) is 1.60. The minimum absolute atomic E-state index is 0.0327. The van der Waals surface area contributed by atoms with Crippen molar-refractivity contribution in [2.24, 2.45) is 0 Å². The first-order valence-electron chi connectivity index (χ1n) is 8.94. The molecule has 0 aromatic heterocycles. The fraction of sp³-hybridized carbons (Fsp3) is 0.333. The third kappa shape index (κ3) is 4.65. The van der Waals surface area contributed by atoms with Crippen molar-refractivity contribution in [2.45, 2.75) is 19.6 Å². The van der Waals surface area contributed by atoms with E-state index in [0.29, 0.717) is 13.2 Å². The van der Waals surface area contributed by atoms with Crippen LogP contribution in [0.25, 0.3) is 0 Å². The molecular formula is C21H24N2O4. The standard InChI is InChI=1S/C21H24N2O4/c1-16-12-23(18-8-10-19(26-2)11-9-18)20(24)13-22(16)21(25)15-27-14-17-6-4-3-5-7-17/h3-11,16H,12-15H2,1-2H3. The number of methoxy groups -OCH3 is 1. The molecule has 0 N–H and O–H groups in total. The van der Waals surface area contributed by atoms with Crippen molar-refractivity contribution in [3.05, 3.63) is 60.2 Å². The number of amides is 2. The third-order valence-corrected chi connectivity index (χ3v) is 4.63. The van der Waals surface area contributed by atoms with Gasteiger partial charge in [-0.3, -0.25) is 9.59 Å². The summed E-state index contributed by atoms with van der Waals surface area (Å²) in [5, 5.41) is 0. The highest BCUT2D eigenvalue weighted by Crippen LogP contribution is 2.23. The number of hydrogen-bond donors (Lipinski definition) is 0. The molecule has 27 heavy (non-hydrogen) atoms. The Bertz CT molecular complexity index is 777. The van der Waals surface area contributed by atoms with Gasteiger partial charge in [0.2, 0.25) is 11.8 Å². The van der Waals surface area contributed by atoms with Crippen molar-refractivity contribution in [3.63, 3.8) is 0 Å². The smallest absolute Gasteiger partial charge is 0.249 e. The SMILES string of the molecule is COc1ccc(N2CC(C)N(C(=O)COCc3ccccc3)CC2=O)cc1. The number of benzene rings is 2. The van der Waals surface area contributed by atoms with Crippen molar-refractivity contribution in [1.82, 2.24) is 4.90 Å². The molecule has 1 aliphatic rings. The van der Waals surface area contributed by atoms with Crippen LogP contribution in [0.4, 0.5) is 5.69 Å². The van der Waals surface area contributed by atoms with Crippen LogP contribution in [0.5, 0.6) is 5.75 Å². The lowest BCUT2D eigenvalue weighted by Gasteiger charge is -2.39. The normalized spacial score (nSPS) is 17.1. The highest BCUT2D eigenvalue weighted by atomic mass is 16.5. The Morgan fingerprint density at radius 3 is 2.48 bits per heavy atom. The van der Waals surface area contributed by atoms with Gasteiger partial charge in [0.15, 0.2) is 0 Å². The minimum Gasteiger partial charge on any atom is -0.497 e. The van der Waals surface area contributed by atoms with E-state index in [1.807, 2.05) is 61.5 Å². The molecule has 2 aromatic rings. The number of piperazine rings is 1. The Kier molecular flexibility index (Phi) is 6.08. The molecule has 6 nitrogen and oxygen atoms in total. The van der Waals surface area contributed by atoms with Crippen molar-refractivity contribution in [2.75, 3.05) is 31.7 Å². The Hall–Kier alpha value is -2.86. The average molecular weight is 368 g/mol. The molecule has 1 unspecified atom stereocenters. The van der Waals surface area contributed by atoms with Crippen LogP contribution in [0.2, 0.25) is 0 Å². The van der Waals surface area contributed by atoms with Gasteiger partial charge < -0.3 is 19.3 Å². The summed E-state index contributed by atoms with van der Waals surface area (Å²) in [5.41, 5.74) is 1.82. The molecule has 0 spiro atoms. The van der Waals surface area contributed by atoms with E-state index in [9.17, 15) is 9.59 Å².